The van der Waals surface area contributed by atoms with Crippen LogP contribution in [0.25, 0.3) is 0 Å². The number of benzene rings is 1. The van der Waals surface area contributed by atoms with Gasteiger partial charge in [-0.15, -0.1) is 0 Å². The minimum absolute atomic E-state index is 0.110. The highest BCUT2D eigenvalue weighted by molar-refractivity contribution is 6.01. The molecule has 0 spiro atoms. The molecule has 1 fully saturated rings. The molecule has 24 heavy (non-hydrogen) atoms. The smallest absolute Gasteiger partial charge is 0.321 e. The molecule has 0 radical (unpaired) electrons. The van der Waals surface area contributed by atoms with Crippen molar-refractivity contribution in [3.8, 4) is 0 Å². The van der Waals surface area contributed by atoms with Crippen molar-refractivity contribution in [2.45, 2.75) is 40.2 Å². The van der Waals surface area contributed by atoms with Crippen LogP contribution in [0, 0.1) is 24.7 Å². The fourth-order valence-electron chi connectivity index (χ4n) is 3.45. The van der Waals surface area contributed by atoms with Crippen molar-refractivity contribution < 1.29 is 23.9 Å². The third kappa shape index (κ3) is 3.35. The van der Waals surface area contributed by atoms with Crippen molar-refractivity contribution in [2.24, 2.45) is 17.8 Å². The fraction of sp³-hybridized carbons (Fsp3) is 0.526. The normalized spacial score (nSPS) is 23.5. The number of esters is 2. The van der Waals surface area contributed by atoms with Crippen LogP contribution in [0.2, 0.25) is 0 Å². The molecule has 5 heteroatoms. The van der Waals surface area contributed by atoms with Crippen LogP contribution in [0.3, 0.4) is 0 Å². The minimum Gasteiger partial charge on any atom is -0.465 e. The van der Waals surface area contributed by atoms with Gasteiger partial charge in [0.25, 0.3) is 0 Å². The number of hydrogen-bond donors (Lipinski definition) is 0. The van der Waals surface area contributed by atoms with Crippen LogP contribution in [0.4, 0.5) is 0 Å². The van der Waals surface area contributed by atoms with Crippen molar-refractivity contribution in [1.82, 2.24) is 0 Å². The van der Waals surface area contributed by atoms with Gasteiger partial charge in [-0.05, 0) is 27.7 Å². The first-order valence-corrected chi connectivity index (χ1v) is 8.19. The Bertz CT molecular complexity index is 644. The lowest BCUT2D eigenvalue weighted by molar-refractivity contribution is -0.157. The van der Waals surface area contributed by atoms with E-state index in [4.69, 9.17) is 9.47 Å². The lowest BCUT2D eigenvalue weighted by Crippen LogP contribution is -2.41. The van der Waals surface area contributed by atoms with Gasteiger partial charge >= 0.3 is 11.9 Å². The molecule has 1 aliphatic rings. The molecule has 0 bridgehead atoms. The van der Waals surface area contributed by atoms with E-state index < -0.39 is 35.3 Å². The maximum atomic E-state index is 12.8. The molecule has 0 aromatic heterocycles. The maximum Gasteiger partial charge on any atom is 0.321 e. The van der Waals surface area contributed by atoms with E-state index in [0.29, 0.717) is 5.56 Å². The molecule has 5 nitrogen and oxygen atoms in total. The SMILES string of the molecule is CCOC(=O)[C@H]1C(=O)OC(C)(C)[C@@H]1[C@@H](C)C(=O)c1ccc(C)cc1. The highest BCUT2D eigenvalue weighted by atomic mass is 16.6. The summed E-state index contributed by atoms with van der Waals surface area (Å²) in [6.45, 7) is 9.00. The summed E-state index contributed by atoms with van der Waals surface area (Å²) < 4.78 is 10.4. The van der Waals surface area contributed by atoms with Gasteiger partial charge in [-0.25, -0.2) is 0 Å². The zero-order chi connectivity index (χ0) is 18.1. The molecule has 0 N–H and O–H groups in total. The quantitative estimate of drug-likeness (QED) is 0.471. The number of ketones is 1. The van der Waals surface area contributed by atoms with E-state index >= 15 is 0 Å². The number of cyclic esters (lactones) is 1. The van der Waals surface area contributed by atoms with Crippen LogP contribution < -0.4 is 0 Å². The molecule has 130 valence electrons. The summed E-state index contributed by atoms with van der Waals surface area (Å²) in [5.74, 6) is -3.54. The van der Waals surface area contributed by atoms with E-state index in [9.17, 15) is 14.4 Å². The van der Waals surface area contributed by atoms with Crippen LogP contribution >= 0.6 is 0 Å². The topological polar surface area (TPSA) is 69.7 Å². The lowest BCUT2D eigenvalue weighted by atomic mass is 9.72. The molecular formula is C19H24O5. The molecule has 0 amide bonds. The van der Waals surface area contributed by atoms with Crippen molar-refractivity contribution in [3.63, 3.8) is 0 Å². The third-order valence-corrected chi connectivity index (χ3v) is 4.61. The standard InChI is InChI=1S/C19H24O5/c1-6-23-17(21)14-15(19(4,5)24-18(14)22)12(3)16(20)13-9-7-11(2)8-10-13/h7-10,12,14-15H,6H2,1-5H3/t12-,14+,15-/m1/s1. The predicted octanol–water partition coefficient (Wildman–Crippen LogP) is 2.94. The zero-order valence-electron chi connectivity index (χ0n) is 14.8. The maximum absolute atomic E-state index is 12.8. The second-order valence-corrected chi connectivity index (χ2v) is 6.80. The van der Waals surface area contributed by atoms with Gasteiger partial charge in [0.2, 0.25) is 0 Å². The largest absolute Gasteiger partial charge is 0.465 e. The third-order valence-electron chi connectivity index (χ3n) is 4.61. The van der Waals surface area contributed by atoms with Crippen molar-refractivity contribution >= 4 is 17.7 Å². The molecular weight excluding hydrogens is 308 g/mol. The first kappa shape index (κ1) is 18.2. The van der Waals surface area contributed by atoms with Crippen LogP contribution in [0.5, 0.6) is 0 Å². The molecule has 1 saturated heterocycles. The number of rotatable bonds is 5. The number of aryl methyl sites for hydroxylation is 1. The van der Waals surface area contributed by atoms with Gasteiger partial charge < -0.3 is 9.47 Å². The zero-order valence-corrected chi connectivity index (χ0v) is 14.8. The Hall–Kier alpha value is -2.17. The monoisotopic (exact) mass is 332 g/mol. The van der Waals surface area contributed by atoms with E-state index in [1.165, 1.54) is 0 Å². The van der Waals surface area contributed by atoms with Crippen LogP contribution in [0.15, 0.2) is 24.3 Å². The number of ether oxygens (including phenoxy) is 2. The van der Waals surface area contributed by atoms with E-state index in [0.717, 1.165) is 5.56 Å². The number of Topliss-reactive ketones (excluding diaryl/α,β-unsaturated/α-hetero) is 1. The molecule has 0 saturated carbocycles. The van der Waals surface area contributed by atoms with Crippen molar-refractivity contribution in [2.75, 3.05) is 6.61 Å². The molecule has 1 aromatic carbocycles. The van der Waals surface area contributed by atoms with Crippen LogP contribution in [-0.4, -0.2) is 29.9 Å². The van der Waals surface area contributed by atoms with Gasteiger partial charge in [-0.1, -0.05) is 36.8 Å². The van der Waals surface area contributed by atoms with Crippen LogP contribution in [0.1, 0.15) is 43.6 Å². The van der Waals surface area contributed by atoms with Gasteiger partial charge in [0.05, 0.1) is 6.61 Å². The average Bonchev–Trinajstić information content (AvgIpc) is 2.75. The lowest BCUT2D eigenvalue weighted by Gasteiger charge is -2.30. The van der Waals surface area contributed by atoms with E-state index in [1.807, 2.05) is 19.1 Å². The summed E-state index contributed by atoms with van der Waals surface area (Å²) in [6.07, 6.45) is 0. The Morgan fingerprint density at radius 1 is 1.25 bits per heavy atom. The molecule has 1 aliphatic heterocycles. The summed E-state index contributed by atoms with van der Waals surface area (Å²) >= 11 is 0. The Morgan fingerprint density at radius 2 is 1.83 bits per heavy atom. The molecule has 0 unspecified atom stereocenters. The number of carbonyl (C=O) groups excluding carboxylic acids is 3. The van der Waals surface area contributed by atoms with Gasteiger partial charge in [0, 0.05) is 17.4 Å². The van der Waals surface area contributed by atoms with Gasteiger partial charge in [0.1, 0.15) is 5.60 Å². The molecule has 3 atom stereocenters. The van der Waals surface area contributed by atoms with Gasteiger partial charge in [-0.3, -0.25) is 14.4 Å². The number of hydrogen-bond acceptors (Lipinski definition) is 5. The molecule has 0 aliphatic carbocycles. The number of carbonyl (C=O) groups is 3. The fourth-order valence-corrected chi connectivity index (χ4v) is 3.45. The van der Waals surface area contributed by atoms with E-state index in [-0.39, 0.29) is 12.4 Å². The van der Waals surface area contributed by atoms with Gasteiger partial charge in [0.15, 0.2) is 11.7 Å². The highest BCUT2D eigenvalue weighted by Crippen LogP contribution is 2.43. The van der Waals surface area contributed by atoms with Crippen LogP contribution in [-0.2, 0) is 19.1 Å². The molecule has 1 heterocycles. The highest BCUT2D eigenvalue weighted by Gasteiger charge is 2.57. The minimum atomic E-state index is -1.07. The van der Waals surface area contributed by atoms with Crippen molar-refractivity contribution in [3.05, 3.63) is 35.4 Å². The predicted molar refractivity (Wildman–Crippen MR) is 88.5 cm³/mol. The summed E-state index contributed by atoms with van der Waals surface area (Å²) in [5, 5.41) is 0. The Balaban J connectivity index is 2.33. The van der Waals surface area contributed by atoms with E-state index in [1.54, 1.807) is 39.8 Å². The average molecular weight is 332 g/mol. The Kier molecular flexibility index (Phi) is 5.11. The van der Waals surface area contributed by atoms with E-state index in [2.05, 4.69) is 0 Å². The summed E-state index contributed by atoms with van der Waals surface area (Å²) in [6, 6.07) is 7.25. The first-order valence-electron chi connectivity index (χ1n) is 8.19. The van der Waals surface area contributed by atoms with Crippen molar-refractivity contribution in [1.29, 1.82) is 0 Å². The molecule has 2 rings (SSSR count). The summed E-state index contributed by atoms with van der Waals surface area (Å²) in [4.78, 5) is 37.3. The second-order valence-electron chi connectivity index (χ2n) is 6.80. The first-order chi connectivity index (χ1) is 11.2. The Morgan fingerprint density at radius 3 is 2.38 bits per heavy atom. The molecule has 1 aromatic rings. The summed E-state index contributed by atoms with van der Waals surface area (Å²) in [7, 11) is 0. The summed E-state index contributed by atoms with van der Waals surface area (Å²) in [5.41, 5.74) is 0.711. The Labute approximate surface area is 142 Å². The van der Waals surface area contributed by atoms with Gasteiger partial charge in [-0.2, -0.15) is 0 Å². The second kappa shape index (κ2) is 6.75.